The van der Waals surface area contributed by atoms with Crippen molar-refractivity contribution < 1.29 is 23.7 Å². The lowest BCUT2D eigenvalue weighted by molar-refractivity contribution is -0.155. The summed E-state index contributed by atoms with van der Waals surface area (Å²) in [6.45, 7) is 5.97. The molecule has 0 aromatic rings. The Bertz CT molecular complexity index is 409. The summed E-state index contributed by atoms with van der Waals surface area (Å²) in [6.07, 6.45) is -0.609. The van der Waals surface area contributed by atoms with E-state index in [0.29, 0.717) is 5.90 Å². The molecule has 0 bridgehead atoms. The normalized spacial score (nSPS) is 52.3. The van der Waals surface area contributed by atoms with Crippen LogP contribution in [0.5, 0.6) is 0 Å². The van der Waals surface area contributed by atoms with Crippen molar-refractivity contribution in [2.24, 2.45) is 4.99 Å². The van der Waals surface area contributed by atoms with Crippen LogP contribution in [0.1, 0.15) is 20.8 Å². The van der Waals surface area contributed by atoms with E-state index in [1.54, 1.807) is 0 Å². The Labute approximate surface area is 105 Å². The van der Waals surface area contributed by atoms with Gasteiger partial charge in [-0.2, -0.15) is 0 Å². The Kier molecular flexibility index (Phi) is 2.14. The average molecular weight is 255 g/mol. The van der Waals surface area contributed by atoms with Crippen molar-refractivity contribution in [3.63, 3.8) is 0 Å². The number of ether oxygens (including phenoxy) is 5. The summed E-state index contributed by atoms with van der Waals surface area (Å²) in [7, 11) is 0. The van der Waals surface area contributed by atoms with Crippen LogP contribution >= 0.6 is 0 Å². The first-order valence-corrected chi connectivity index (χ1v) is 6.35. The topological polar surface area (TPSA) is 58.5 Å². The van der Waals surface area contributed by atoms with Crippen molar-refractivity contribution in [2.75, 3.05) is 6.79 Å². The first-order chi connectivity index (χ1) is 8.55. The molecule has 6 atom stereocenters. The van der Waals surface area contributed by atoms with E-state index in [-0.39, 0.29) is 43.4 Å². The number of fused-ring (bicyclic) bond motifs is 6. The second kappa shape index (κ2) is 3.45. The van der Waals surface area contributed by atoms with E-state index < -0.39 is 5.79 Å². The van der Waals surface area contributed by atoms with Crippen LogP contribution < -0.4 is 0 Å². The molecule has 6 heteroatoms. The predicted octanol–water partition coefficient (Wildman–Crippen LogP) is 0.447. The number of nitrogens with zero attached hydrogens (tertiary/aromatic N) is 1. The number of hydrogen-bond acceptors (Lipinski definition) is 6. The maximum Gasteiger partial charge on any atom is 0.181 e. The lowest BCUT2D eigenvalue weighted by Crippen LogP contribution is -2.60. The largest absolute Gasteiger partial charge is 0.473 e. The molecule has 4 aliphatic rings. The maximum atomic E-state index is 5.98. The van der Waals surface area contributed by atoms with Crippen molar-refractivity contribution in [1.29, 1.82) is 0 Å². The zero-order valence-electron chi connectivity index (χ0n) is 10.7. The van der Waals surface area contributed by atoms with Gasteiger partial charge in [-0.1, -0.05) is 0 Å². The molecule has 4 rings (SSSR count). The highest BCUT2D eigenvalue weighted by Crippen LogP contribution is 2.44. The molecule has 3 fully saturated rings. The Hall–Kier alpha value is -0.690. The van der Waals surface area contributed by atoms with Crippen LogP contribution in [-0.2, 0) is 23.7 Å². The van der Waals surface area contributed by atoms with Crippen molar-refractivity contribution in [3.8, 4) is 0 Å². The van der Waals surface area contributed by atoms with Crippen LogP contribution in [0.15, 0.2) is 4.99 Å². The molecule has 6 nitrogen and oxygen atoms in total. The van der Waals surface area contributed by atoms with Gasteiger partial charge in [0.15, 0.2) is 17.8 Å². The van der Waals surface area contributed by atoms with Crippen molar-refractivity contribution >= 4 is 5.90 Å². The molecule has 0 N–H and O–H groups in total. The van der Waals surface area contributed by atoms with Crippen molar-refractivity contribution in [1.82, 2.24) is 0 Å². The monoisotopic (exact) mass is 255 g/mol. The fourth-order valence-electron chi connectivity index (χ4n) is 3.39. The van der Waals surface area contributed by atoms with Gasteiger partial charge in [0.2, 0.25) is 0 Å². The molecule has 0 amide bonds. The van der Waals surface area contributed by atoms with Gasteiger partial charge in [0.1, 0.15) is 37.3 Å². The highest BCUT2D eigenvalue weighted by molar-refractivity contribution is 5.75. The fourth-order valence-corrected chi connectivity index (χ4v) is 3.39. The summed E-state index contributed by atoms with van der Waals surface area (Å²) < 4.78 is 29.0. The number of hydrogen-bond donors (Lipinski definition) is 0. The summed E-state index contributed by atoms with van der Waals surface area (Å²) in [4.78, 5) is 4.53. The van der Waals surface area contributed by atoms with E-state index in [9.17, 15) is 0 Å². The van der Waals surface area contributed by atoms with Crippen LogP contribution in [0.4, 0.5) is 0 Å². The summed E-state index contributed by atoms with van der Waals surface area (Å²) in [5, 5.41) is 0. The standard InChI is InChI=1S/C12H17NO5/c1-5-13-6-7(16-5)9-10(15-4-14-9)11-8(6)17-12(2,3)18-11/h6-11H,4H2,1-3H3/t6-,7+,8-,9-,10-,11+/m0/s1. The molecule has 0 unspecified atom stereocenters. The zero-order valence-corrected chi connectivity index (χ0v) is 10.7. The lowest BCUT2D eigenvalue weighted by Gasteiger charge is -2.37. The Morgan fingerprint density at radius 2 is 1.67 bits per heavy atom. The van der Waals surface area contributed by atoms with Gasteiger partial charge in [0.05, 0.1) is 0 Å². The Balaban J connectivity index is 1.72. The molecule has 1 aliphatic carbocycles. The molecule has 0 radical (unpaired) electrons. The predicted molar refractivity (Wildman–Crippen MR) is 60.2 cm³/mol. The van der Waals surface area contributed by atoms with Gasteiger partial charge in [-0.25, -0.2) is 4.99 Å². The Morgan fingerprint density at radius 3 is 2.44 bits per heavy atom. The highest BCUT2D eigenvalue weighted by atomic mass is 16.8. The second-order valence-corrected chi connectivity index (χ2v) is 5.67. The van der Waals surface area contributed by atoms with Crippen molar-refractivity contribution in [2.45, 2.75) is 63.1 Å². The zero-order chi connectivity index (χ0) is 12.5. The number of aliphatic imine (C=N–C) groups is 1. The van der Waals surface area contributed by atoms with Gasteiger partial charge in [-0.3, -0.25) is 0 Å². The molecule has 0 aromatic carbocycles. The third kappa shape index (κ3) is 1.40. The minimum absolute atomic E-state index is 0.0558. The SMILES string of the molecule is CC1=N[C@H]2[C@@H](O1)[C@@H]1OCO[C@@H]1[C@@H]1OC(C)(C)O[C@@H]21. The molecule has 18 heavy (non-hydrogen) atoms. The van der Waals surface area contributed by atoms with Crippen LogP contribution in [-0.4, -0.2) is 55.0 Å². The minimum Gasteiger partial charge on any atom is -0.473 e. The van der Waals surface area contributed by atoms with Gasteiger partial charge in [0.25, 0.3) is 0 Å². The fraction of sp³-hybridized carbons (Fsp3) is 0.917. The molecule has 0 aromatic heterocycles. The van der Waals surface area contributed by atoms with E-state index >= 15 is 0 Å². The van der Waals surface area contributed by atoms with Crippen LogP contribution in [0.25, 0.3) is 0 Å². The summed E-state index contributed by atoms with van der Waals surface area (Å²) >= 11 is 0. The van der Waals surface area contributed by atoms with Crippen LogP contribution in [0.2, 0.25) is 0 Å². The average Bonchev–Trinajstić information content (AvgIpc) is 2.91. The quantitative estimate of drug-likeness (QED) is 0.629. The Morgan fingerprint density at radius 1 is 1.00 bits per heavy atom. The second-order valence-electron chi connectivity index (χ2n) is 5.67. The molecular formula is C12H17NO5. The summed E-state index contributed by atoms with van der Waals surface area (Å²) in [6, 6.07) is -0.0558. The minimum atomic E-state index is -0.604. The van der Waals surface area contributed by atoms with Gasteiger partial charge in [-0.05, 0) is 13.8 Å². The van der Waals surface area contributed by atoms with Crippen molar-refractivity contribution in [3.05, 3.63) is 0 Å². The first kappa shape index (κ1) is 11.2. The van der Waals surface area contributed by atoms with Crippen LogP contribution in [0.3, 0.4) is 0 Å². The summed E-state index contributed by atoms with van der Waals surface area (Å²) in [5.41, 5.74) is 0. The molecule has 2 saturated heterocycles. The molecule has 0 spiro atoms. The van der Waals surface area contributed by atoms with E-state index in [1.165, 1.54) is 0 Å². The van der Waals surface area contributed by atoms with Gasteiger partial charge in [-0.15, -0.1) is 0 Å². The molecule has 100 valence electrons. The van der Waals surface area contributed by atoms with Crippen LogP contribution in [0, 0.1) is 0 Å². The van der Waals surface area contributed by atoms with E-state index in [0.717, 1.165) is 0 Å². The third-order valence-corrected chi connectivity index (χ3v) is 3.97. The third-order valence-electron chi connectivity index (χ3n) is 3.97. The smallest absolute Gasteiger partial charge is 0.181 e. The maximum absolute atomic E-state index is 5.98. The molecule has 3 aliphatic heterocycles. The first-order valence-electron chi connectivity index (χ1n) is 6.35. The van der Waals surface area contributed by atoms with E-state index in [4.69, 9.17) is 23.7 Å². The molecule has 3 heterocycles. The summed E-state index contributed by atoms with van der Waals surface area (Å²) in [5.74, 6) is 0.0837. The van der Waals surface area contributed by atoms with Gasteiger partial charge >= 0.3 is 0 Å². The van der Waals surface area contributed by atoms with Gasteiger partial charge < -0.3 is 23.7 Å². The lowest BCUT2D eigenvalue weighted by atomic mass is 9.84. The molecular weight excluding hydrogens is 238 g/mol. The van der Waals surface area contributed by atoms with Gasteiger partial charge in [0, 0.05) is 6.92 Å². The molecule has 1 saturated carbocycles. The van der Waals surface area contributed by atoms with E-state index in [2.05, 4.69) is 4.99 Å². The number of rotatable bonds is 0. The van der Waals surface area contributed by atoms with E-state index in [1.807, 2.05) is 20.8 Å². The highest BCUT2D eigenvalue weighted by Gasteiger charge is 2.63.